The number of aliphatic hydroxyl groups is 1. The second-order valence-electron chi connectivity index (χ2n) is 4.49. The van der Waals surface area contributed by atoms with E-state index in [1.54, 1.807) is 0 Å². The van der Waals surface area contributed by atoms with Crippen molar-refractivity contribution in [3.05, 3.63) is 30.5 Å². The van der Waals surface area contributed by atoms with Gasteiger partial charge in [-0.1, -0.05) is 18.2 Å². The highest BCUT2D eigenvalue weighted by atomic mass is 16.5. The molecule has 0 spiro atoms. The Morgan fingerprint density at radius 1 is 1.47 bits per heavy atom. The van der Waals surface area contributed by atoms with E-state index < -0.39 is 12.1 Å². The molecule has 0 bridgehead atoms. The topological polar surface area (TPSA) is 63.5 Å². The highest BCUT2D eigenvalue weighted by molar-refractivity contribution is 5.92. The minimum atomic E-state index is -0.758. The lowest BCUT2D eigenvalue weighted by Gasteiger charge is -2.10. The highest BCUT2D eigenvalue weighted by Crippen LogP contribution is 2.24. The number of hydrogen-bond donors (Lipinski definition) is 2. The molecule has 5 heteroatoms. The van der Waals surface area contributed by atoms with Crippen molar-refractivity contribution in [1.29, 1.82) is 0 Å². The van der Waals surface area contributed by atoms with Crippen LogP contribution in [0.3, 0.4) is 0 Å². The molecule has 2 aromatic rings. The lowest BCUT2D eigenvalue weighted by Crippen LogP contribution is -2.23. The first-order valence-corrected chi connectivity index (χ1v) is 6.14. The van der Waals surface area contributed by atoms with E-state index in [0.29, 0.717) is 6.54 Å². The zero-order valence-corrected chi connectivity index (χ0v) is 11.1. The van der Waals surface area contributed by atoms with Gasteiger partial charge in [-0.15, -0.1) is 0 Å². The molecule has 1 heterocycles. The Morgan fingerprint density at radius 2 is 2.21 bits per heavy atom. The van der Waals surface area contributed by atoms with E-state index in [9.17, 15) is 9.90 Å². The number of anilines is 1. The normalized spacial score (nSPS) is 12.4. The van der Waals surface area contributed by atoms with E-state index in [1.807, 2.05) is 42.1 Å². The number of nitrogens with one attached hydrogen (secondary N) is 1. The molecule has 1 unspecified atom stereocenters. The van der Waals surface area contributed by atoms with Crippen LogP contribution in [0.1, 0.15) is 6.42 Å². The predicted octanol–water partition coefficient (Wildman–Crippen LogP) is 1.51. The Balaban J connectivity index is 2.04. The Morgan fingerprint density at radius 3 is 2.95 bits per heavy atom. The fourth-order valence-electron chi connectivity index (χ4n) is 2.06. The van der Waals surface area contributed by atoms with Crippen molar-refractivity contribution in [3.63, 3.8) is 0 Å². The van der Waals surface area contributed by atoms with Gasteiger partial charge in [-0.2, -0.15) is 0 Å². The number of aryl methyl sites for hydroxylation is 1. The van der Waals surface area contributed by atoms with Gasteiger partial charge in [-0.25, -0.2) is 0 Å². The molecule has 0 saturated heterocycles. The van der Waals surface area contributed by atoms with E-state index in [2.05, 4.69) is 10.1 Å². The first kappa shape index (κ1) is 13.4. The maximum atomic E-state index is 11.0. The van der Waals surface area contributed by atoms with E-state index in [-0.39, 0.29) is 6.42 Å². The molecule has 1 atom stereocenters. The number of nitrogens with zero attached hydrogens (tertiary/aromatic N) is 1. The molecule has 19 heavy (non-hydrogen) atoms. The van der Waals surface area contributed by atoms with Crippen molar-refractivity contribution >= 4 is 22.6 Å². The molecule has 2 N–H and O–H groups in total. The monoisotopic (exact) mass is 262 g/mol. The number of carbonyl (C=O) groups is 1. The quantitative estimate of drug-likeness (QED) is 0.802. The van der Waals surface area contributed by atoms with Crippen LogP contribution < -0.4 is 5.32 Å². The largest absolute Gasteiger partial charge is 0.469 e. The van der Waals surface area contributed by atoms with E-state index in [0.717, 1.165) is 16.6 Å². The molecule has 0 fully saturated rings. The van der Waals surface area contributed by atoms with Gasteiger partial charge in [0, 0.05) is 30.7 Å². The molecule has 0 saturated carbocycles. The van der Waals surface area contributed by atoms with Crippen LogP contribution in [0.4, 0.5) is 5.69 Å². The third-order valence-electron chi connectivity index (χ3n) is 3.06. The van der Waals surface area contributed by atoms with Crippen LogP contribution in [0.2, 0.25) is 0 Å². The van der Waals surface area contributed by atoms with Crippen LogP contribution in [0, 0.1) is 0 Å². The van der Waals surface area contributed by atoms with Crippen LogP contribution in [0.5, 0.6) is 0 Å². The number of para-hydroxylation sites is 1. The maximum absolute atomic E-state index is 11.0. The molecule has 1 aromatic heterocycles. The summed E-state index contributed by atoms with van der Waals surface area (Å²) in [5.74, 6) is -0.410. The van der Waals surface area contributed by atoms with Gasteiger partial charge >= 0.3 is 5.97 Å². The van der Waals surface area contributed by atoms with E-state index in [4.69, 9.17) is 0 Å². The van der Waals surface area contributed by atoms with Crippen molar-refractivity contribution in [2.75, 3.05) is 19.0 Å². The average molecular weight is 262 g/mol. The van der Waals surface area contributed by atoms with Crippen LogP contribution in [0.15, 0.2) is 30.5 Å². The molecular formula is C14H18N2O3. The number of hydrogen-bond acceptors (Lipinski definition) is 4. The van der Waals surface area contributed by atoms with Crippen molar-refractivity contribution in [3.8, 4) is 0 Å². The summed E-state index contributed by atoms with van der Waals surface area (Å²) in [6, 6.07) is 8.01. The zero-order chi connectivity index (χ0) is 13.8. The molecule has 0 aliphatic heterocycles. The molecule has 0 aliphatic carbocycles. The van der Waals surface area contributed by atoms with Crippen LogP contribution in [0.25, 0.3) is 10.9 Å². The minimum Gasteiger partial charge on any atom is -0.469 e. The molecule has 0 amide bonds. The Bertz CT molecular complexity index is 577. The van der Waals surface area contributed by atoms with Crippen molar-refractivity contribution < 1.29 is 14.6 Å². The van der Waals surface area contributed by atoms with Gasteiger partial charge in [0.05, 0.1) is 25.3 Å². The Hall–Kier alpha value is -2.01. The summed E-state index contributed by atoms with van der Waals surface area (Å²) < 4.78 is 6.53. The minimum absolute atomic E-state index is 0.00569. The van der Waals surface area contributed by atoms with Crippen LogP contribution >= 0.6 is 0 Å². The number of benzene rings is 1. The fraction of sp³-hybridized carbons (Fsp3) is 0.357. The number of fused-ring (bicyclic) bond motifs is 1. The van der Waals surface area contributed by atoms with Gasteiger partial charge < -0.3 is 19.7 Å². The van der Waals surface area contributed by atoms with E-state index in [1.165, 1.54) is 7.11 Å². The maximum Gasteiger partial charge on any atom is 0.308 e. The lowest BCUT2D eigenvalue weighted by molar-refractivity contribution is -0.142. The molecular weight excluding hydrogens is 244 g/mol. The Kier molecular flexibility index (Phi) is 4.06. The fourth-order valence-corrected chi connectivity index (χ4v) is 2.06. The van der Waals surface area contributed by atoms with Crippen molar-refractivity contribution in [1.82, 2.24) is 4.57 Å². The van der Waals surface area contributed by atoms with Gasteiger partial charge in [0.2, 0.25) is 0 Å². The van der Waals surface area contributed by atoms with Gasteiger partial charge in [-0.3, -0.25) is 4.79 Å². The van der Waals surface area contributed by atoms with Gasteiger partial charge in [0.1, 0.15) is 0 Å². The highest BCUT2D eigenvalue weighted by Gasteiger charge is 2.12. The Labute approximate surface area is 111 Å². The zero-order valence-electron chi connectivity index (χ0n) is 11.1. The lowest BCUT2D eigenvalue weighted by atomic mass is 10.2. The molecule has 0 aliphatic rings. The first-order chi connectivity index (χ1) is 9.11. The average Bonchev–Trinajstić information content (AvgIpc) is 2.74. The number of ether oxygens (including phenoxy) is 1. The molecule has 2 rings (SSSR count). The van der Waals surface area contributed by atoms with Crippen molar-refractivity contribution in [2.24, 2.45) is 7.05 Å². The molecule has 102 valence electrons. The summed E-state index contributed by atoms with van der Waals surface area (Å²) in [5, 5.41) is 14.0. The smallest absolute Gasteiger partial charge is 0.308 e. The number of carbonyl (C=O) groups excluding carboxylic acids is 1. The second-order valence-corrected chi connectivity index (χ2v) is 4.49. The summed E-state index contributed by atoms with van der Waals surface area (Å²) in [4.78, 5) is 11.0. The van der Waals surface area contributed by atoms with Gasteiger partial charge in [0.25, 0.3) is 0 Å². The van der Waals surface area contributed by atoms with Crippen LogP contribution in [-0.4, -0.2) is 35.4 Å². The third-order valence-corrected chi connectivity index (χ3v) is 3.06. The van der Waals surface area contributed by atoms with Crippen molar-refractivity contribution in [2.45, 2.75) is 12.5 Å². The van der Waals surface area contributed by atoms with Gasteiger partial charge in [-0.05, 0) is 6.07 Å². The molecule has 0 radical (unpaired) electrons. The third kappa shape index (κ3) is 3.06. The SMILES string of the molecule is COC(=O)CC(O)CNc1cn(C)c2ccccc12. The molecule has 1 aromatic carbocycles. The number of esters is 1. The number of rotatable bonds is 5. The predicted molar refractivity (Wildman–Crippen MR) is 74.0 cm³/mol. The number of aromatic nitrogens is 1. The second kappa shape index (κ2) is 5.75. The summed E-state index contributed by atoms with van der Waals surface area (Å²) in [6.07, 6.45) is 1.20. The summed E-state index contributed by atoms with van der Waals surface area (Å²) >= 11 is 0. The van der Waals surface area contributed by atoms with E-state index >= 15 is 0 Å². The van der Waals surface area contributed by atoms with Gasteiger partial charge in [0.15, 0.2) is 0 Å². The number of methoxy groups -OCH3 is 1. The first-order valence-electron chi connectivity index (χ1n) is 6.14. The summed E-state index contributed by atoms with van der Waals surface area (Å²) in [5.41, 5.74) is 2.06. The molecule has 5 nitrogen and oxygen atoms in total. The van der Waals surface area contributed by atoms with Crippen LogP contribution in [-0.2, 0) is 16.6 Å². The summed E-state index contributed by atoms with van der Waals surface area (Å²) in [6.45, 7) is 0.309. The standard InChI is InChI=1S/C14H18N2O3/c1-16-9-12(11-5-3-4-6-13(11)16)15-8-10(17)7-14(18)19-2/h3-6,9-10,15,17H,7-8H2,1-2H3. The number of aliphatic hydroxyl groups excluding tert-OH is 1. The summed E-state index contributed by atoms with van der Waals surface area (Å²) in [7, 11) is 3.28.